The summed E-state index contributed by atoms with van der Waals surface area (Å²) in [5.41, 5.74) is 0.446. The Morgan fingerprint density at radius 3 is 2.88 bits per heavy atom. The highest BCUT2D eigenvalue weighted by molar-refractivity contribution is 7.10. The number of carbonyl (C=O) groups is 1. The van der Waals surface area contributed by atoms with Crippen LogP contribution in [0.5, 0.6) is 0 Å². The predicted octanol–water partition coefficient (Wildman–Crippen LogP) is 3.05. The SMILES string of the molecule is CCN(Cc1nc2ccccc2c(=O)[nH]1)C(=O)/C=C/c1cccs1. The minimum absolute atomic E-state index is 0.110. The zero-order valence-electron chi connectivity index (χ0n) is 13.2. The van der Waals surface area contributed by atoms with Gasteiger partial charge in [-0.3, -0.25) is 9.59 Å². The summed E-state index contributed by atoms with van der Waals surface area (Å²) < 4.78 is 0. The van der Waals surface area contributed by atoms with E-state index in [1.54, 1.807) is 46.6 Å². The Labute approximate surface area is 143 Å². The average Bonchev–Trinajstić information content (AvgIpc) is 3.11. The van der Waals surface area contributed by atoms with Crippen LogP contribution in [0.2, 0.25) is 0 Å². The molecule has 1 amide bonds. The van der Waals surface area contributed by atoms with Crippen molar-refractivity contribution in [2.24, 2.45) is 0 Å². The molecule has 0 fully saturated rings. The molecule has 3 aromatic rings. The molecule has 0 radical (unpaired) electrons. The number of rotatable bonds is 5. The predicted molar refractivity (Wildman–Crippen MR) is 96.8 cm³/mol. The average molecular weight is 339 g/mol. The van der Waals surface area contributed by atoms with Crippen molar-refractivity contribution in [2.75, 3.05) is 6.54 Å². The van der Waals surface area contributed by atoms with Crippen LogP contribution in [-0.4, -0.2) is 27.3 Å². The number of aromatic nitrogens is 2. The largest absolute Gasteiger partial charge is 0.332 e. The molecule has 2 aromatic heterocycles. The molecule has 6 heteroatoms. The minimum atomic E-state index is -0.187. The first-order valence-corrected chi connectivity index (χ1v) is 8.54. The molecule has 24 heavy (non-hydrogen) atoms. The second-order valence-electron chi connectivity index (χ2n) is 5.23. The molecule has 0 aliphatic carbocycles. The van der Waals surface area contributed by atoms with E-state index in [2.05, 4.69) is 9.97 Å². The highest BCUT2D eigenvalue weighted by Gasteiger charge is 2.12. The van der Waals surface area contributed by atoms with Gasteiger partial charge in [-0.2, -0.15) is 0 Å². The molecule has 0 saturated carbocycles. The molecule has 2 heterocycles. The second kappa shape index (κ2) is 7.23. The number of hydrogen-bond donors (Lipinski definition) is 1. The van der Waals surface area contributed by atoms with E-state index >= 15 is 0 Å². The van der Waals surface area contributed by atoms with Crippen molar-refractivity contribution >= 4 is 34.2 Å². The number of benzene rings is 1. The molecule has 122 valence electrons. The molecular weight excluding hydrogens is 322 g/mol. The second-order valence-corrected chi connectivity index (χ2v) is 6.21. The van der Waals surface area contributed by atoms with Crippen molar-refractivity contribution in [3.8, 4) is 0 Å². The van der Waals surface area contributed by atoms with Gasteiger partial charge < -0.3 is 9.88 Å². The van der Waals surface area contributed by atoms with Gasteiger partial charge in [0.15, 0.2) is 0 Å². The first-order valence-electron chi connectivity index (χ1n) is 7.66. The molecule has 0 unspecified atom stereocenters. The third-order valence-corrected chi connectivity index (χ3v) is 4.47. The Balaban J connectivity index is 1.80. The Bertz CT molecular complexity index is 929. The van der Waals surface area contributed by atoms with Crippen LogP contribution in [-0.2, 0) is 11.3 Å². The van der Waals surface area contributed by atoms with E-state index < -0.39 is 0 Å². The number of H-pyrrole nitrogens is 1. The number of para-hydroxylation sites is 1. The maximum atomic E-state index is 12.3. The number of hydrogen-bond acceptors (Lipinski definition) is 4. The number of aromatic amines is 1. The highest BCUT2D eigenvalue weighted by atomic mass is 32.1. The number of amides is 1. The van der Waals surface area contributed by atoms with Crippen LogP contribution in [0.15, 0.2) is 52.6 Å². The van der Waals surface area contributed by atoms with Gasteiger partial charge in [-0.25, -0.2) is 4.98 Å². The molecule has 1 aromatic carbocycles. The summed E-state index contributed by atoms with van der Waals surface area (Å²) in [4.78, 5) is 34.3. The lowest BCUT2D eigenvalue weighted by Gasteiger charge is -2.18. The van der Waals surface area contributed by atoms with Crippen LogP contribution in [0.3, 0.4) is 0 Å². The van der Waals surface area contributed by atoms with Gasteiger partial charge in [0.1, 0.15) is 5.82 Å². The molecule has 0 aliphatic rings. The van der Waals surface area contributed by atoms with Crippen LogP contribution in [0.1, 0.15) is 17.6 Å². The normalized spacial score (nSPS) is 11.2. The van der Waals surface area contributed by atoms with Gasteiger partial charge in [-0.05, 0) is 36.6 Å². The standard InChI is InChI=1S/C18H17N3O2S/c1-2-21(17(22)10-9-13-6-5-11-24-13)12-16-19-15-8-4-3-7-14(15)18(23)20-16/h3-11H,2,12H2,1H3,(H,19,20,23)/b10-9+. The highest BCUT2D eigenvalue weighted by Crippen LogP contribution is 2.11. The Hall–Kier alpha value is -2.73. The molecule has 0 spiro atoms. The molecule has 0 bridgehead atoms. The molecule has 3 rings (SSSR count). The molecule has 1 N–H and O–H groups in total. The van der Waals surface area contributed by atoms with Crippen LogP contribution in [0.4, 0.5) is 0 Å². The van der Waals surface area contributed by atoms with Crippen LogP contribution in [0.25, 0.3) is 17.0 Å². The summed E-state index contributed by atoms with van der Waals surface area (Å²) in [6.45, 7) is 2.70. The maximum Gasteiger partial charge on any atom is 0.258 e. The van der Waals surface area contributed by atoms with Gasteiger partial charge in [0.05, 0.1) is 17.4 Å². The van der Waals surface area contributed by atoms with E-state index in [-0.39, 0.29) is 18.0 Å². The van der Waals surface area contributed by atoms with E-state index in [0.717, 1.165) is 4.88 Å². The minimum Gasteiger partial charge on any atom is -0.332 e. The zero-order valence-corrected chi connectivity index (χ0v) is 14.0. The van der Waals surface area contributed by atoms with Gasteiger partial charge in [-0.15, -0.1) is 11.3 Å². The summed E-state index contributed by atoms with van der Waals surface area (Å²) in [7, 11) is 0. The Morgan fingerprint density at radius 1 is 1.29 bits per heavy atom. The summed E-state index contributed by atoms with van der Waals surface area (Å²) in [5, 5.41) is 2.51. The number of nitrogens with zero attached hydrogens (tertiary/aromatic N) is 2. The van der Waals surface area contributed by atoms with Crippen molar-refractivity contribution in [3.05, 3.63) is 68.9 Å². The molecule has 5 nitrogen and oxygen atoms in total. The molecule has 0 saturated heterocycles. The fourth-order valence-corrected chi connectivity index (χ4v) is 3.00. The van der Waals surface area contributed by atoms with Crippen LogP contribution < -0.4 is 5.56 Å². The maximum absolute atomic E-state index is 12.3. The van der Waals surface area contributed by atoms with Crippen LogP contribution >= 0.6 is 11.3 Å². The number of carbonyl (C=O) groups excluding carboxylic acids is 1. The topological polar surface area (TPSA) is 66.1 Å². The first kappa shape index (κ1) is 16.1. The van der Waals surface area contributed by atoms with Gasteiger partial charge >= 0.3 is 0 Å². The quantitative estimate of drug-likeness (QED) is 0.727. The zero-order chi connectivity index (χ0) is 16.9. The van der Waals surface area contributed by atoms with E-state index in [1.807, 2.05) is 30.5 Å². The number of likely N-dealkylation sites (N-methyl/N-ethyl adjacent to an activating group) is 1. The van der Waals surface area contributed by atoms with E-state index in [9.17, 15) is 9.59 Å². The summed E-state index contributed by atoms with van der Waals surface area (Å²) >= 11 is 1.57. The third kappa shape index (κ3) is 3.60. The Kier molecular flexibility index (Phi) is 4.86. The van der Waals surface area contributed by atoms with Gasteiger partial charge in [0, 0.05) is 17.5 Å². The molecular formula is C18H17N3O2S. The van der Waals surface area contributed by atoms with Crippen molar-refractivity contribution in [2.45, 2.75) is 13.5 Å². The lowest BCUT2D eigenvalue weighted by Crippen LogP contribution is -2.30. The fraction of sp³-hybridized carbons (Fsp3) is 0.167. The van der Waals surface area contributed by atoms with Crippen LogP contribution in [0, 0.1) is 0 Å². The summed E-state index contributed by atoms with van der Waals surface area (Å²) in [6, 6.07) is 11.1. The Morgan fingerprint density at radius 2 is 2.12 bits per heavy atom. The van der Waals surface area contributed by atoms with Gasteiger partial charge in [0.2, 0.25) is 5.91 Å². The monoisotopic (exact) mass is 339 g/mol. The van der Waals surface area contributed by atoms with E-state index in [0.29, 0.717) is 23.3 Å². The number of fused-ring (bicyclic) bond motifs is 1. The van der Waals surface area contributed by atoms with E-state index in [1.165, 1.54) is 0 Å². The van der Waals surface area contributed by atoms with E-state index in [4.69, 9.17) is 0 Å². The van der Waals surface area contributed by atoms with Crippen molar-refractivity contribution in [1.29, 1.82) is 0 Å². The van der Waals surface area contributed by atoms with Crippen molar-refractivity contribution < 1.29 is 4.79 Å². The third-order valence-electron chi connectivity index (χ3n) is 3.63. The molecule has 0 atom stereocenters. The lowest BCUT2D eigenvalue weighted by molar-refractivity contribution is -0.126. The number of thiophene rings is 1. The first-order chi connectivity index (χ1) is 11.7. The summed E-state index contributed by atoms with van der Waals surface area (Å²) in [6.07, 6.45) is 3.35. The fourth-order valence-electron chi connectivity index (χ4n) is 2.38. The van der Waals surface area contributed by atoms with Crippen molar-refractivity contribution in [3.63, 3.8) is 0 Å². The molecule has 0 aliphatic heterocycles. The summed E-state index contributed by atoms with van der Waals surface area (Å²) in [5.74, 6) is 0.375. The smallest absolute Gasteiger partial charge is 0.258 e. The lowest BCUT2D eigenvalue weighted by atomic mass is 10.2. The van der Waals surface area contributed by atoms with Gasteiger partial charge in [-0.1, -0.05) is 18.2 Å². The van der Waals surface area contributed by atoms with Crippen molar-refractivity contribution in [1.82, 2.24) is 14.9 Å². The number of nitrogens with one attached hydrogen (secondary N) is 1. The van der Waals surface area contributed by atoms with Gasteiger partial charge in [0.25, 0.3) is 5.56 Å².